The van der Waals surface area contributed by atoms with E-state index in [-0.39, 0.29) is 0 Å². The number of unbranched alkanes of at least 4 members (excludes halogenated alkanes) is 2. The van der Waals surface area contributed by atoms with Gasteiger partial charge in [0.25, 0.3) is 0 Å². The zero-order chi connectivity index (χ0) is 39.3. The summed E-state index contributed by atoms with van der Waals surface area (Å²) in [5, 5.41) is 4.99. The van der Waals surface area contributed by atoms with Gasteiger partial charge in [-0.05, 0) is 162 Å². The first kappa shape index (κ1) is 37.1. The molecule has 0 saturated heterocycles. The highest BCUT2D eigenvalue weighted by Crippen LogP contribution is 2.43. The van der Waals surface area contributed by atoms with Crippen molar-refractivity contribution < 1.29 is 0 Å². The summed E-state index contributed by atoms with van der Waals surface area (Å²) in [6.07, 6.45) is 7.12. The van der Waals surface area contributed by atoms with Crippen LogP contribution in [0, 0.1) is 0 Å². The Balaban J connectivity index is 1.24. The first-order valence-corrected chi connectivity index (χ1v) is 21.2. The minimum absolute atomic E-state index is 1.13. The van der Waals surface area contributed by atoms with E-state index in [9.17, 15) is 0 Å². The minimum Gasteiger partial charge on any atom is -0.0654 e. The summed E-state index contributed by atoms with van der Waals surface area (Å²) in [5.74, 6) is 0. The number of hydrogen-bond donors (Lipinski definition) is 0. The SMILES string of the molecule is CCCCc1ccc(-c2ccccc2-c2cc(-c3ccccc3)c3cc4cc(-c5ccccc5-c5ccc(CCCC)cc5)cc(-c5ccccc5)c4cc3c2)cc1. The van der Waals surface area contributed by atoms with Crippen LogP contribution in [0.4, 0.5) is 0 Å². The van der Waals surface area contributed by atoms with Gasteiger partial charge in [-0.1, -0.05) is 184 Å². The highest BCUT2D eigenvalue weighted by molar-refractivity contribution is 6.12. The first-order chi connectivity index (χ1) is 28.7. The van der Waals surface area contributed by atoms with Crippen molar-refractivity contribution in [1.29, 1.82) is 0 Å². The lowest BCUT2D eigenvalue weighted by atomic mass is 9.86. The molecule has 0 aliphatic heterocycles. The third-order valence-electron chi connectivity index (χ3n) is 11.8. The van der Waals surface area contributed by atoms with Crippen molar-refractivity contribution in [2.75, 3.05) is 0 Å². The summed E-state index contributed by atoms with van der Waals surface area (Å²) in [7, 11) is 0. The van der Waals surface area contributed by atoms with Gasteiger partial charge in [0.05, 0.1) is 0 Å². The summed E-state index contributed by atoms with van der Waals surface area (Å²) in [5.41, 5.74) is 17.7. The van der Waals surface area contributed by atoms with Crippen LogP contribution in [0.25, 0.3) is 88.3 Å². The van der Waals surface area contributed by atoms with Crippen LogP contribution in [0.1, 0.15) is 50.7 Å². The zero-order valence-corrected chi connectivity index (χ0v) is 33.7. The second kappa shape index (κ2) is 16.9. The van der Waals surface area contributed by atoms with Crippen LogP contribution >= 0.6 is 0 Å². The molecule has 0 unspecified atom stereocenters. The third-order valence-corrected chi connectivity index (χ3v) is 11.8. The Morgan fingerprint density at radius 3 is 0.966 bits per heavy atom. The van der Waals surface area contributed by atoms with Crippen molar-refractivity contribution >= 4 is 21.5 Å². The summed E-state index contributed by atoms with van der Waals surface area (Å²) < 4.78 is 0. The lowest BCUT2D eigenvalue weighted by Gasteiger charge is -2.18. The van der Waals surface area contributed by atoms with E-state index in [2.05, 4.69) is 208 Å². The largest absolute Gasteiger partial charge is 0.0654 e. The molecule has 0 aliphatic rings. The molecule has 282 valence electrons. The van der Waals surface area contributed by atoms with Gasteiger partial charge in [-0.15, -0.1) is 0 Å². The van der Waals surface area contributed by atoms with Crippen molar-refractivity contribution in [2.24, 2.45) is 0 Å². The molecular formula is C58H50. The first-order valence-electron chi connectivity index (χ1n) is 21.2. The van der Waals surface area contributed by atoms with E-state index in [4.69, 9.17) is 0 Å². The maximum atomic E-state index is 2.44. The minimum atomic E-state index is 1.13. The second-order valence-corrected chi connectivity index (χ2v) is 15.8. The molecule has 0 aromatic heterocycles. The smallest absolute Gasteiger partial charge is 0.00986 e. The number of aryl methyl sites for hydroxylation is 2. The Morgan fingerprint density at radius 1 is 0.276 bits per heavy atom. The Hall–Kier alpha value is -6.50. The normalized spacial score (nSPS) is 11.3. The molecule has 0 atom stereocenters. The average Bonchev–Trinajstić information content (AvgIpc) is 3.29. The fraction of sp³-hybridized carbons (Fsp3) is 0.138. The van der Waals surface area contributed by atoms with Gasteiger partial charge >= 0.3 is 0 Å². The van der Waals surface area contributed by atoms with Crippen LogP contribution < -0.4 is 0 Å². The van der Waals surface area contributed by atoms with Gasteiger partial charge < -0.3 is 0 Å². The van der Waals surface area contributed by atoms with E-state index in [1.807, 2.05) is 0 Å². The molecule has 0 aliphatic carbocycles. The topological polar surface area (TPSA) is 0 Å². The van der Waals surface area contributed by atoms with Gasteiger partial charge in [0.1, 0.15) is 0 Å². The molecule has 9 aromatic carbocycles. The van der Waals surface area contributed by atoms with Crippen molar-refractivity contribution in [3.8, 4) is 66.8 Å². The summed E-state index contributed by atoms with van der Waals surface area (Å²) in [6.45, 7) is 4.52. The highest BCUT2D eigenvalue weighted by Gasteiger charge is 2.17. The maximum absolute atomic E-state index is 2.44. The second-order valence-electron chi connectivity index (χ2n) is 15.8. The molecule has 0 spiro atoms. The lowest BCUT2D eigenvalue weighted by molar-refractivity contribution is 0.795. The zero-order valence-electron chi connectivity index (χ0n) is 33.7. The van der Waals surface area contributed by atoms with E-state index in [0.29, 0.717) is 0 Å². The quantitative estimate of drug-likeness (QED) is 0.109. The highest BCUT2D eigenvalue weighted by atomic mass is 14.2. The van der Waals surface area contributed by atoms with Crippen LogP contribution in [0.5, 0.6) is 0 Å². The Bertz CT molecular complexity index is 2610. The monoisotopic (exact) mass is 746 g/mol. The number of hydrogen-bond acceptors (Lipinski definition) is 0. The van der Waals surface area contributed by atoms with Crippen molar-refractivity contribution in [2.45, 2.75) is 52.4 Å². The van der Waals surface area contributed by atoms with Crippen molar-refractivity contribution in [3.05, 3.63) is 205 Å². The predicted molar refractivity (Wildman–Crippen MR) is 251 cm³/mol. The third kappa shape index (κ3) is 7.63. The molecule has 9 rings (SSSR count). The maximum Gasteiger partial charge on any atom is -0.00986 e. The summed E-state index contributed by atoms with van der Waals surface area (Å²) in [6, 6.07) is 72.7. The summed E-state index contributed by atoms with van der Waals surface area (Å²) >= 11 is 0. The number of rotatable bonds is 12. The number of benzene rings is 9. The van der Waals surface area contributed by atoms with Crippen LogP contribution in [0.2, 0.25) is 0 Å². The van der Waals surface area contributed by atoms with Gasteiger partial charge in [-0.2, -0.15) is 0 Å². The van der Waals surface area contributed by atoms with E-state index < -0.39 is 0 Å². The van der Waals surface area contributed by atoms with Crippen LogP contribution in [0.15, 0.2) is 194 Å². The van der Waals surface area contributed by atoms with E-state index >= 15 is 0 Å². The van der Waals surface area contributed by atoms with Crippen molar-refractivity contribution in [3.63, 3.8) is 0 Å². The molecule has 0 nitrogen and oxygen atoms in total. The van der Waals surface area contributed by atoms with E-state index in [1.165, 1.54) is 125 Å². The molecule has 0 saturated carbocycles. The molecule has 0 radical (unpaired) electrons. The fourth-order valence-corrected chi connectivity index (χ4v) is 8.68. The number of fused-ring (bicyclic) bond motifs is 2. The molecule has 58 heavy (non-hydrogen) atoms. The van der Waals surface area contributed by atoms with Gasteiger partial charge in [0, 0.05) is 0 Å². The average molecular weight is 747 g/mol. The molecule has 0 heterocycles. The van der Waals surface area contributed by atoms with Crippen LogP contribution in [-0.4, -0.2) is 0 Å². The standard InChI is InChI=1S/C58H50/c1-3-5-17-41-27-31-45(32-28-41)51-23-13-15-25-53(51)47-35-49-39-58-50(40-57(49)55(37-47)43-19-9-7-10-20-43)36-48(38-56(58)44-21-11-8-12-22-44)54-26-16-14-24-52(54)46-33-29-42(30-34-46)18-6-4-2/h7-16,19-40H,3-6,17-18H2,1-2H3. The Kier molecular flexibility index (Phi) is 10.8. The van der Waals surface area contributed by atoms with Crippen molar-refractivity contribution in [1.82, 2.24) is 0 Å². The molecule has 9 aromatic rings. The van der Waals surface area contributed by atoms with Gasteiger partial charge in [0.15, 0.2) is 0 Å². The lowest BCUT2D eigenvalue weighted by Crippen LogP contribution is -1.92. The van der Waals surface area contributed by atoms with E-state index in [1.54, 1.807) is 0 Å². The molecule has 0 amide bonds. The fourth-order valence-electron chi connectivity index (χ4n) is 8.68. The predicted octanol–water partition coefficient (Wildman–Crippen LogP) is 16.7. The molecule has 0 heteroatoms. The van der Waals surface area contributed by atoms with Crippen LogP contribution in [0.3, 0.4) is 0 Å². The Labute approximate surface area is 344 Å². The molecular weight excluding hydrogens is 697 g/mol. The van der Waals surface area contributed by atoms with Crippen LogP contribution in [-0.2, 0) is 12.8 Å². The van der Waals surface area contributed by atoms with Gasteiger partial charge in [-0.3, -0.25) is 0 Å². The molecule has 0 N–H and O–H groups in total. The molecule has 0 bridgehead atoms. The van der Waals surface area contributed by atoms with E-state index in [0.717, 1.165) is 12.8 Å². The van der Waals surface area contributed by atoms with Gasteiger partial charge in [-0.25, -0.2) is 0 Å². The summed E-state index contributed by atoms with van der Waals surface area (Å²) in [4.78, 5) is 0. The van der Waals surface area contributed by atoms with Gasteiger partial charge in [0.2, 0.25) is 0 Å². The Morgan fingerprint density at radius 2 is 0.603 bits per heavy atom. The molecule has 0 fully saturated rings.